The highest BCUT2D eigenvalue weighted by Crippen LogP contribution is 2.52. The van der Waals surface area contributed by atoms with Crippen molar-refractivity contribution in [2.45, 2.75) is 0 Å². The minimum absolute atomic E-state index is 0.584. The van der Waals surface area contributed by atoms with Crippen LogP contribution in [0.5, 0.6) is 0 Å². The van der Waals surface area contributed by atoms with Crippen LogP contribution in [0.25, 0.3) is 77.2 Å². The van der Waals surface area contributed by atoms with E-state index in [0.717, 1.165) is 50.1 Å². The highest BCUT2D eigenvalue weighted by Gasteiger charge is 2.25. The van der Waals surface area contributed by atoms with E-state index in [1.165, 1.54) is 27.1 Å². The SMILES string of the molecule is Nc1c(N)c(-c2ccc(-c3c4ccccc4cc4ccccc34)cc2)c(-c2ccccc2)c(-c2ccccc2)c1-c1ccccc1. The molecule has 8 aromatic carbocycles. The van der Waals surface area contributed by atoms with Gasteiger partial charge in [-0.15, -0.1) is 0 Å². The van der Waals surface area contributed by atoms with Crippen LogP contribution in [0.1, 0.15) is 0 Å². The van der Waals surface area contributed by atoms with Crippen molar-refractivity contribution >= 4 is 32.9 Å². The molecule has 0 saturated carbocycles. The van der Waals surface area contributed by atoms with Gasteiger partial charge < -0.3 is 11.5 Å². The predicted octanol–water partition coefficient (Wildman–Crippen LogP) is 11.5. The van der Waals surface area contributed by atoms with Gasteiger partial charge >= 0.3 is 0 Å². The average molecular weight is 589 g/mol. The van der Waals surface area contributed by atoms with E-state index in [9.17, 15) is 0 Å². The Bertz CT molecular complexity index is 2290. The van der Waals surface area contributed by atoms with Crippen molar-refractivity contribution in [3.63, 3.8) is 0 Å². The Labute approximate surface area is 269 Å². The molecule has 0 saturated heterocycles. The normalized spacial score (nSPS) is 11.2. The second-order valence-electron chi connectivity index (χ2n) is 11.7. The van der Waals surface area contributed by atoms with Crippen LogP contribution in [0.2, 0.25) is 0 Å². The van der Waals surface area contributed by atoms with Crippen LogP contribution in [0.4, 0.5) is 11.4 Å². The van der Waals surface area contributed by atoms with Gasteiger partial charge in [-0.25, -0.2) is 0 Å². The fraction of sp³-hybridized carbons (Fsp3) is 0. The van der Waals surface area contributed by atoms with Crippen LogP contribution in [-0.2, 0) is 0 Å². The van der Waals surface area contributed by atoms with Crippen LogP contribution < -0.4 is 11.5 Å². The molecule has 2 nitrogen and oxygen atoms in total. The number of hydrogen-bond acceptors (Lipinski definition) is 2. The largest absolute Gasteiger partial charge is 0.397 e. The summed E-state index contributed by atoms with van der Waals surface area (Å²) in [5.41, 5.74) is 26.0. The maximum atomic E-state index is 7.11. The molecule has 0 amide bonds. The molecule has 0 aliphatic carbocycles. The molecule has 0 spiro atoms. The summed E-state index contributed by atoms with van der Waals surface area (Å²) >= 11 is 0. The third-order valence-corrected chi connectivity index (χ3v) is 9.00. The first-order chi connectivity index (χ1) is 22.7. The molecule has 0 unspecified atom stereocenters. The molecule has 0 radical (unpaired) electrons. The molecule has 2 heteroatoms. The number of nitrogen functional groups attached to an aromatic ring is 2. The van der Waals surface area contributed by atoms with Crippen LogP contribution in [0.15, 0.2) is 170 Å². The summed E-state index contributed by atoms with van der Waals surface area (Å²) < 4.78 is 0. The fourth-order valence-corrected chi connectivity index (χ4v) is 6.91. The van der Waals surface area contributed by atoms with Crippen LogP contribution in [0, 0.1) is 0 Å². The number of hydrogen-bond donors (Lipinski definition) is 2. The number of nitrogens with two attached hydrogens (primary N) is 2. The van der Waals surface area contributed by atoms with Crippen molar-refractivity contribution in [3.05, 3.63) is 170 Å². The van der Waals surface area contributed by atoms with Crippen LogP contribution in [0.3, 0.4) is 0 Å². The monoisotopic (exact) mass is 588 g/mol. The van der Waals surface area contributed by atoms with Gasteiger partial charge in [0, 0.05) is 22.3 Å². The topological polar surface area (TPSA) is 52.0 Å². The molecule has 0 aliphatic heterocycles. The molecule has 0 atom stereocenters. The standard InChI is InChI=1S/C44H32N2/c45-43-41(31-18-8-3-9-19-31)39(29-14-4-1-5-15-29)40(30-16-6-2-7-17-30)42(44(43)46)33-26-24-32(25-27-33)38-36-22-12-10-20-34(36)28-35-21-11-13-23-37(35)38/h1-28H,45-46H2. The predicted molar refractivity (Wildman–Crippen MR) is 197 cm³/mol. The number of benzene rings is 8. The van der Waals surface area contributed by atoms with Gasteiger partial charge in [-0.05, 0) is 61.0 Å². The Morgan fingerprint density at radius 2 is 0.565 bits per heavy atom. The van der Waals surface area contributed by atoms with E-state index in [1.807, 2.05) is 30.3 Å². The van der Waals surface area contributed by atoms with E-state index in [0.29, 0.717) is 11.4 Å². The molecule has 0 aliphatic rings. The average Bonchev–Trinajstić information content (AvgIpc) is 3.12. The molecular formula is C44H32N2. The van der Waals surface area contributed by atoms with Gasteiger partial charge in [0.05, 0.1) is 11.4 Å². The van der Waals surface area contributed by atoms with Crippen molar-refractivity contribution in [3.8, 4) is 55.6 Å². The summed E-state index contributed by atoms with van der Waals surface area (Å²) in [5.74, 6) is 0. The van der Waals surface area contributed by atoms with Crippen molar-refractivity contribution in [1.29, 1.82) is 0 Å². The molecular weight excluding hydrogens is 556 g/mol. The van der Waals surface area contributed by atoms with Crippen LogP contribution in [-0.4, -0.2) is 0 Å². The Hall–Kier alpha value is -6.12. The highest BCUT2D eigenvalue weighted by atomic mass is 14.7. The van der Waals surface area contributed by atoms with Crippen LogP contribution >= 0.6 is 0 Å². The number of fused-ring (bicyclic) bond motifs is 2. The Kier molecular flexibility index (Phi) is 6.81. The van der Waals surface area contributed by atoms with E-state index in [1.54, 1.807) is 0 Å². The van der Waals surface area contributed by atoms with Crippen molar-refractivity contribution in [2.24, 2.45) is 0 Å². The third kappa shape index (κ3) is 4.60. The van der Waals surface area contributed by atoms with E-state index in [-0.39, 0.29) is 0 Å². The zero-order valence-electron chi connectivity index (χ0n) is 25.3. The maximum absolute atomic E-state index is 7.11. The zero-order valence-corrected chi connectivity index (χ0v) is 25.3. The molecule has 8 rings (SSSR count). The molecule has 0 fully saturated rings. The van der Waals surface area contributed by atoms with E-state index in [4.69, 9.17) is 11.5 Å². The van der Waals surface area contributed by atoms with Gasteiger partial charge in [0.15, 0.2) is 0 Å². The fourth-order valence-electron chi connectivity index (χ4n) is 6.91. The Morgan fingerprint density at radius 1 is 0.261 bits per heavy atom. The molecule has 8 aromatic rings. The first-order valence-electron chi connectivity index (χ1n) is 15.6. The summed E-state index contributed by atoms with van der Waals surface area (Å²) in [6.07, 6.45) is 0. The smallest absolute Gasteiger partial charge is 0.0640 e. The molecule has 0 bridgehead atoms. The first-order valence-corrected chi connectivity index (χ1v) is 15.6. The molecule has 46 heavy (non-hydrogen) atoms. The van der Waals surface area contributed by atoms with Gasteiger partial charge in [0.2, 0.25) is 0 Å². The van der Waals surface area contributed by atoms with Gasteiger partial charge in [0.25, 0.3) is 0 Å². The Morgan fingerprint density at radius 3 is 0.978 bits per heavy atom. The number of anilines is 2. The van der Waals surface area contributed by atoms with Gasteiger partial charge in [0.1, 0.15) is 0 Å². The molecule has 0 aromatic heterocycles. The van der Waals surface area contributed by atoms with Crippen molar-refractivity contribution in [1.82, 2.24) is 0 Å². The lowest BCUT2D eigenvalue weighted by Gasteiger charge is -2.25. The van der Waals surface area contributed by atoms with Crippen molar-refractivity contribution in [2.75, 3.05) is 11.5 Å². The third-order valence-electron chi connectivity index (χ3n) is 9.00. The zero-order chi connectivity index (χ0) is 31.0. The summed E-state index contributed by atoms with van der Waals surface area (Å²) in [4.78, 5) is 0. The second kappa shape index (κ2) is 11.4. The van der Waals surface area contributed by atoms with Crippen molar-refractivity contribution < 1.29 is 0 Å². The first kappa shape index (κ1) is 27.4. The van der Waals surface area contributed by atoms with E-state index in [2.05, 4.69) is 140 Å². The van der Waals surface area contributed by atoms with Gasteiger partial charge in [-0.1, -0.05) is 164 Å². The van der Waals surface area contributed by atoms with E-state index < -0.39 is 0 Å². The molecule has 4 N–H and O–H groups in total. The van der Waals surface area contributed by atoms with Gasteiger partial charge in [-0.2, -0.15) is 0 Å². The lowest BCUT2D eigenvalue weighted by molar-refractivity contribution is 1.53. The summed E-state index contributed by atoms with van der Waals surface area (Å²) in [6, 6.07) is 59.7. The highest BCUT2D eigenvalue weighted by molar-refractivity contribution is 6.14. The van der Waals surface area contributed by atoms with E-state index >= 15 is 0 Å². The number of rotatable bonds is 5. The minimum Gasteiger partial charge on any atom is -0.397 e. The lowest BCUT2D eigenvalue weighted by atomic mass is 9.80. The summed E-state index contributed by atoms with van der Waals surface area (Å²) in [5, 5.41) is 4.93. The lowest BCUT2D eigenvalue weighted by Crippen LogP contribution is -2.05. The molecule has 218 valence electrons. The quantitative estimate of drug-likeness (QED) is 0.155. The Balaban J connectivity index is 1.42. The minimum atomic E-state index is 0.584. The second-order valence-corrected chi connectivity index (χ2v) is 11.7. The van der Waals surface area contributed by atoms with Gasteiger partial charge in [-0.3, -0.25) is 0 Å². The summed E-state index contributed by atoms with van der Waals surface area (Å²) in [7, 11) is 0. The summed E-state index contributed by atoms with van der Waals surface area (Å²) in [6.45, 7) is 0. The maximum Gasteiger partial charge on any atom is 0.0640 e. The molecule has 0 heterocycles.